The standard InChI is InChI=1S/C29H31F3N4O7S/c1-18-15-21(23-5-3-4-6-24(23)33-18)17-42-22-9-7-20(8-10-22)27(38)34-25(16-26(37)35-43-28(39)29(30,31)32)19-11-13-36(14-12-19)44(2,40)41/h3-10,15,19,25H,11-14,16-17H2,1-2H3,(H,34,38)(H,35,37). The Morgan fingerprint density at radius 1 is 1.07 bits per heavy atom. The number of aryl methyl sites for hydroxylation is 1. The van der Waals surface area contributed by atoms with Crippen molar-refractivity contribution in [3.63, 3.8) is 0 Å². The van der Waals surface area contributed by atoms with Crippen molar-refractivity contribution in [2.75, 3.05) is 19.3 Å². The number of amides is 2. The molecule has 11 nitrogen and oxygen atoms in total. The van der Waals surface area contributed by atoms with Crippen molar-refractivity contribution in [1.82, 2.24) is 20.1 Å². The number of benzene rings is 2. The van der Waals surface area contributed by atoms with Gasteiger partial charge in [0.05, 0.1) is 18.2 Å². The molecule has 1 unspecified atom stereocenters. The number of rotatable bonds is 9. The van der Waals surface area contributed by atoms with Gasteiger partial charge in [0.25, 0.3) is 11.8 Å². The maximum absolute atomic E-state index is 13.1. The number of piperidine rings is 1. The molecule has 1 aromatic heterocycles. The van der Waals surface area contributed by atoms with Crippen molar-refractivity contribution in [2.45, 2.75) is 45.0 Å². The molecular formula is C29H31F3N4O7S. The fraction of sp³-hybridized carbons (Fsp3) is 0.379. The minimum atomic E-state index is -5.31. The summed E-state index contributed by atoms with van der Waals surface area (Å²) in [6.45, 7) is 2.43. The van der Waals surface area contributed by atoms with Crippen LogP contribution in [-0.2, 0) is 31.1 Å². The minimum absolute atomic E-state index is 0.138. The molecule has 44 heavy (non-hydrogen) atoms. The molecule has 1 aliphatic rings. The Morgan fingerprint density at radius 2 is 1.73 bits per heavy atom. The molecule has 0 saturated carbocycles. The smallest absolute Gasteiger partial charge is 0.489 e. The molecule has 2 aromatic carbocycles. The average molecular weight is 637 g/mol. The van der Waals surface area contributed by atoms with Crippen molar-refractivity contribution in [1.29, 1.82) is 0 Å². The van der Waals surface area contributed by atoms with Crippen molar-refractivity contribution in [2.24, 2.45) is 5.92 Å². The lowest BCUT2D eigenvalue weighted by Gasteiger charge is -2.35. The van der Waals surface area contributed by atoms with Gasteiger partial charge in [0.1, 0.15) is 12.4 Å². The predicted molar refractivity (Wildman–Crippen MR) is 153 cm³/mol. The van der Waals surface area contributed by atoms with Crippen LogP contribution in [-0.4, -0.2) is 67.1 Å². The van der Waals surface area contributed by atoms with Crippen molar-refractivity contribution in [3.05, 3.63) is 71.4 Å². The highest BCUT2D eigenvalue weighted by molar-refractivity contribution is 7.88. The van der Waals surface area contributed by atoms with Crippen LogP contribution in [0.1, 0.15) is 40.9 Å². The number of sulfonamides is 1. The third kappa shape index (κ3) is 8.66. The number of halogens is 3. The van der Waals surface area contributed by atoms with Crippen LogP contribution in [0.25, 0.3) is 10.9 Å². The van der Waals surface area contributed by atoms with Crippen molar-refractivity contribution >= 4 is 38.7 Å². The average Bonchev–Trinajstić information content (AvgIpc) is 2.97. The van der Waals surface area contributed by atoms with Gasteiger partial charge in [-0.3, -0.25) is 14.6 Å². The number of carbonyl (C=O) groups excluding carboxylic acids is 3. The zero-order valence-corrected chi connectivity index (χ0v) is 24.7. The van der Waals surface area contributed by atoms with Gasteiger partial charge in [0.15, 0.2) is 0 Å². The molecule has 0 bridgehead atoms. The van der Waals surface area contributed by atoms with E-state index in [2.05, 4.69) is 15.1 Å². The summed E-state index contributed by atoms with van der Waals surface area (Å²) in [6.07, 6.45) is -4.18. The molecule has 236 valence electrons. The maximum Gasteiger partial charge on any atom is 0.493 e. The first kappa shape index (κ1) is 32.7. The van der Waals surface area contributed by atoms with E-state index in [9.17, 15) is 36.0 Å². The van der Waals surface area contributed by atoms with Gasteiger partial charge in [0, 0.05) is 41.3 Å². The van der Waals surface area contributed by atoms with Gasteiger partial charge >= 0.3 is 12.1 Å². The molecule has 1 aliphatic heterocycles. The lowest BCUT2D eigenvalue weighted by molar-refractivity contribution is -0.207. The number of pyridine rings is 1. The van der Waals surface area contributed by atoms with Crippen LogP contribution in [0.3, 0.4) is 0 Å². The zero-order valence-electron chi connectivity index (χ0n) is 23.9. The molecule has 0 aliphatic carbocycles. The first-order chi connectivity index (χ1) is 20.7. The van der Waals surface area contributed by atoms with E-state index in [0.717, 1.165) is 28.4 Å². The molecule has 1 atom stereocenters. The fourth-order valence-corrected chi connectivity index (χ4v) is 5.85. The molecule has 2 amide bonds. The third-order valence-electron chi connectivity index (χ3n) is 7.19. The molecule has 0 spiro atoms. The van der Waals surface area contributed by atoms with E-state index in [-0.39, 0.29) is 44.0 Å². The Morgan fingerprint density at radius 3 is 2.36 bits per heavy atom. The highest BCUT2D eigenvalue weighted by Crippen LogP contribution is 2.25. The summed E-state index contributed by atoms with van der Waals surface area (Å²) >= 11 is 0. The monoisotopic (exact) mass is 636 g/mol. The topological polar surface area (TPSA) is 144 Å². The van der Waals surface area contributed by atoms with Crippen LogP contribution in [0.5, 0.6) is 5.75 Å². The number of fused-ring (bicyclic) bond motifs is 1. The van der Waals surface area contributed by atoms with Gasteiger partial charge in [-0.05, 0) is 62.1 Å². The molecule has 1 saturated heterocycles. The van der Waals surface area contributed by atoms with E-state index in [1.165, 1.54) is 21.9 Å². The summed E-state index contributed by atoms with van der Waals surface area (Å²) in [4.78, 5) is 44.8. The molecule has 2 N–H and O–H groups in total. The molecule has 1 fully saturated rings. The normalized spacial score (nSPS) is 15.4. The number of carbonyl (C=O) groups is 3. The maximum atomic E-state index is 13.1. The molecule has 2 heterocycles. The van der Waals surface area contributed by atoms with E-state index in [1.54, 1.807) is 12.1 Å². The van der Waals surface area contributed by atoms with Crippen LogP contribution < -0.4 is 15.5 Å². The number of ether oxygens (including phenoxy) is 1. The number of alkyl halides is 3. The number of hydrogen-bond donors (Lipinski definition) is 2. The van der Waals surface area contributed by atoms with Crippen LogP contribution >= 0.6 is 0 Å². The molecular weight excluding hydrogens is 605 g/mol. The second kappa shape index (κ2) is 13.6. The Hall–Kier alpha value is -4.24. The van der Waals surface area contributed by atoms with Gasteiger partial charge in [0.2, 0.25) is 10.0 Å². The summed E-state index contributed by atoms with van der Waals surface area (Å²) in [6, 6.07) is 15.0. The van der Waals surface area contributed by atoms with E-state index < -0.39 is 46.4 Å². The summed E-state index contributed by atoms with van der Waals surface area (Å²) in [5.74, 6) is -4.12. The van der Waals surface area contributed by atoms with Crippen molar-refractivity contribution < 1.29 is 45.5 Å². The highest BCUT2D eigenvalue weighted by Gasteiger charge is 2.42. The first-order valence-electron chi connectivity index (χ1n) is 13.6. The minimum Gasteiger partial charge on any atom is -0.489 e. The van der Waals surface area contributed by atoms with Gasteiger partial charge in [-0.2, -0.15) is 18.7 Å². The van der Waals surface area contributed by atoms with Gasteiger partial charge in [-0.15, -0.1) is 0 Å². The van der Waals surface area contributed by atoms with E-state index in [4.69, 9.17) is 4.74 Å². The van der Waals surface area contributed by atoms with Crippen LogP contribution in [0.15, 0.2) is 54.6 Å². The number of aromatic nitrogens is 1. The molecule has 0 radical (unpaired) electrons. The third-order valence-corrected chi connectivity index (χ3v) is 8.49. The fourth-order valence-electron chi connectivity index (χ4n) is 4.98. The van der Waals surface area contributed by atoms with Crippen LogP contribution in [0, 0.1) is 12.8 Å². The van der Waals surface area contributed by atoms with Gasteiger partial charge in [-0.25, -0.2) is 17.5 Å². The number of nitrogens with zero attached hydrogens (tertiary/aromatic N) is 2. The number of hydroxylamine groups is 1. The number of hydrogen-bond acceptors (Lipinski definition) is 8. The molecule has 3 aromatic rings. The Balaban J connectivity index is 1.41. The highest BCUT2D eigenvalue weighted by atomic mass is 32.2. The number of nitrogens with one attached hydrogen (secondary N) is 2. The molecule has 4 rings (SSSR count). The second-order valence-corrected chi connectivity index (χ2v) is 12.4. The van der Waals surface area contributed by atoms with Crippen LogP contribution in [0.4, 0.5) is 13.2 Å². The summed E-state index contributed by atoms with van der Waals surface area (Å²) in [5.41, 5.74) is 4.33. The first-order valence-corrected chi connectivity index (χ1v) is 15.5. The zero-order chi connectivity index (χ0) is 32.1. The van der Waals surface area contributed by atoms with E-state index >= 15 is 0 Å². The predicted octanol–water partition coefficient (Wildman–Crippen LogP) is 3.42. The second-order valence-electron chi connectivity index (χ2n) is 10.4. The van der Waals surface area contributed by atoms with Gasteiger partial charge < -0.3 is 14.9 Å². The SMILES string of the molecule is Cc1cc(COc2ccc(C(=O)NC(CC(=O)NOC(=O)C(F)(F)F)C3CCN(S(C)(=O)=O)CC3)cc2)c2ccccc2n1. The Bertz CT molecular complexity index is 1620. The Labute approximate surface area is 251 Å². The van der Waals surface area contributed by atoms with Crippen LogP contribution in [0.2, 0.25) is 0 Å². The van der Waals surface area contributed by atoms with Crippen molar-refractivity contribution in [3.8, 4) is 5.75 Å². The summed E-state index contributed by atoms with van der Waals surface area (Å²) in [5, 5.41) is 3.69. The van der Waals surface area contributed by atoms with E-state index in [0.29, 0.717) is 5.75 Å². The van der Waals surface area contributed by atoms with Gasteiger partial charge in [-0.1, -0.05) is 18.2 Å². The lowest BCUT2D eigenvalue weighted by Crippen LogP contribution is -2.48. The lowest BCUT2D eigenvalue weighted by atomic mass is 9.88. The molecule has 15 heteroatoms. The quantitative estimate of drug-likeness (QED) is 0.340. The number of para-hydroxylation sites is 1. The summed E-state index contributed by atoms with van der Waals surface area (Å²) in [7, 11) is -3.45. The summed E-state index contributed by atoms with van der Waals surface area (Å²) < 4.78 is 68.3. The Kier molecular flexibility index (Phi) is 10.1. The largest absolute Gasteiger partial charge is 0.493 e. The van der Waals surface area contributed by atoms with E-state index in [1.807, 2.05) is 37.3 Å².